The van der Waals surface area contributed by atoms with Crippen LogP contribution < -0.4 is 14.2 Å². The molecule has 5 heteroatoms. The summed E-state index contributed by atoms with van der Waals surface area (Å²) in [6.07, 6.45) is 10.5. The second-order valence-corrected chi connectivity index (χ2v) is 6.06. The van der Waals surface area contributed by atoms with Gasteiger partial charge in [-0.2, -0.15) is 0 Å². The van der Waals surface area contributed by atoms with Gasteiger partial charge in [-0.15, -0.1) is 12.8 Å². The Bertz CT molecular complexity index is 1080. The van der Waals surface area contributed by atoms with E-state index >= 15 is 0 Å². The van der Waals surface area contributed by atoms with Gasteiger partial charge in [0.2, 0.25) is 0 Å². The molecule has 0 fully saturated rings. The molecule has 1 aromatic heterocycles. The summed E-state index contributed by atoms with van der Waals surface area (Å²) in [6.45, 7) is 2.27. The lowest BCUT2D eigenvalue weighted by Crippen LogP contribution is -1.98. The van der Waals surface area contributed by atoms with Gasteiger partial charge in [-0.25, -0.2) is 9.97 Å². The first kappa shape index (κ1) is 19.8. The molecule has 0 spiro atoms. The summed E-state index contributed by atoms with van der Waals surface area (Å²) in [4.78, 5) is 9.13. The second kappa shape index (κ2) is 9.30. The number of aryl methyl sites for hydroxylation is 1. The molecule has 3 aromatic rings. The van der Waals surface area contributed by atoms with Crippen LogP contribution in [-0.2, 0) is 0 Å². The van der Waals surface area contributed by atoms with Gasteiger partial charge >= 0.3 is 0 Å². The van der Waals surface area contributed by atoms with E-state index in [1.165, 1.54) is 0 Å². The predicted octanol–water partition coefficient (Wildman–Crippen LogP) is 4.15. The Morgan fingerprint density at radius 1 is 0.793 bits per heavy atom. The van der Waals surface area contributed by atoms with Gasteiger partial charge in [0.15, 0.2) is 11.5 Å². The second-order valence-electron chi connectivity index (χ2n) is 6.06. The Balaban J connectivity index is 1.93. The number of terminal acetylenes is 2. The highest BCUT2D eigenvalue weighted by molar-refractivity contribution is 5.70. The molecular weight excluding hydrogens is 364 g/mol. The summed E-state index contributed by atoms with van der Waals surface area (Å²) >= 11 is 0. The van der Waals surface area contributed by atoms with E-state index in [1.54, 1.807) is 7.11 Å². The lowest BCUT2D eigenvalue weighted by Gasteiger charge is -2.12. The standard InChI is InChI=1S/C24H20N2O3/c1-5-13-28-20-10-7-18(8-11-20)21-16-22(26-17(3)25-21)19-9-12-23(29-14-6-2)24(15-19)27-4/h1-2,7-12,15-16H,13-14H2,3-4H3. The molecule has 1 heterocycles. The van der Waals surface area contributed by atoms with Gasteiger partial charge in [-0.3, -0.25) is 0 Å². The first-order valence-electron chi connectivity index (χ1n) is 8.91. The summed E-state index contributed by atoms with van der Waals surface area (Å²) in [5.41, 5.74) is 3.42. The van der Waals surface area contributed by atoms with E-state index in [2.05, 4.69) is 21.8 Å². The third kappa shape index (κ3) is 4.86. The predicted molar refractivity (Wildman–Crippen MR) is 113 cm³/mol. The van der Waals surface area contributed by atoms with Gasteiger partial charge < -0.3 is 14.2 Å². The molecule has 0 amide bonds. The van der Waals surface area contributed by atoms with Crippen LogP contribution in [0.1, 0.15) is 5.82 Å². The van der Waals surface area contributed by atoms with Crippen molar-refractivity contribution >= 4 is 0 Å². The van der Waals surface area contributed by atoms with E-state index in [1.807, 2.05) is 55.5 Å². The molecule has 29 heavy (non-hydrogen) atoms. The van der Waals surface area contributed by atoms with Gasteiger partial charge in [-0.05, 0) is 55.5 Å². The molecule has 3 rings (SSSR count). The summed E-state index contributed by atoms with van der Waals surface area (Å²) in [7, 11) is 1.59. The number of nitrogens with zero attached hydrogens (tertiary/aromatic N) is 2. The smallest absolute Gasteiger partial charge is 0.162 e. The molecule has 0 saturated heterocycles. The molecule has 0 atom stereocenters. The molecule has 0 aliphatic heterocycles. The fraction of sp³-hybridized carbons (Fsp3) is 0.167. The fourth-order valence-corrected chi connectivity index (χ4v) is 2.78. The van der Waals surface area contributed by atoms with Crippen molar-refractivity contribution in [1.82, 2.24) is 9.97 Å². The Hall–Kier alpha value is -3.96. The number of hydrogen-bond donors (Lipinski definition) is 0. The summed E-state index contributed by atoms with van der Waals surface area (Å²) in [5.74, 6) is 7.44. The van der Waals surface area contributed by atoms with Gasteiger partial charge in [-0.1, -0.05) is 11.8 Å². The van der Waals surface area contributed by atoms with Gasteiger partial charge in [0.1, 0.15) is 24.8 Å². The number of benzene rings is 2. The first-order valence-corrected chi connectivity index (χ1v) is 8.91. The molecule has 0 N–H and O–H groups in total. The highest BCUT2D eigenvalue weighted by atomic mass is 16.5. The molecule has 5 nitrogen and oxygen atoms in total. The molecule has 0 radical (unpaired) electrons. The number of rotatable bonds is 7. The van der Waals surface area contributed by atoms with Crippen LogP contribution in [0.2, 0.25) is 0 Å². The maximum Gasteiger partial charge on any atom is 0.162 e. The zero-order valence-corrected chi connectivity index (χ0v) is 16.3. The average Bonchev–Trinajstić information content (AvgIpc) is 2.76. The zero-order valence-electron chi connectivity index (χ0n) is 16.3. The van der Waals surface area contributed by atoms with Crippen molar-refractivity contribution in [3.63, 3.8) is 0 Å². The summed E-state index contributed by atoms with van der Waals surface area (Å²) in [6, 6.07) is 15.1. The van der Waals surface area contributed by atoms with E-state index in [0.717, 1.165) is 22.5 Å². The van der Waals surface area contributed by atoms with E-state index in [0.29, 0.717) is 23.1 Å². The molecule has 0 saturated carbocycles. The van der Waals surface area contributed by atoms with Crippen molar-refractivity contribution in [3.8, 4) is 64.5 Å². The SMILES string of the molecule is C#CCOc1ccc(-c2cc(-c3ccc(OCC#C)c(OC)c3)nc(C)n2)cc1. The van der Waals surface area contributed by atoms with Gasteiger partial charge in [0.05, 0.1) is 18.5 Å². The van der Waals surface area contributed by atoms with Gasteiger partial charge in [0, 0.05) is 11.1 Å². The highest BCUT2D eigenvalue weighted by Gasteiger charge is 2.11. The largest absolute Gasteiger partial charge is 0.493 e. The molecule has 0 unspecified atom stereocenters. The van der Waals surface area contributed by atoms with Crippen molar-refractivity contribution in [2.75, 3.05) is 20.3 Å². The van der Waals surface area contributed by atoms with E-state index < -0.39 is 0 Å². The van der Waals surface area contributed by atoms with Gasteiger partial charge in [0.25, 0.3) is 0 Å². The lowest BCUT2D eigenvalue weighted by molar-refractivity contribution is 0.331. The topological polar surface area (TPSA) is 53.5 Å². The number of ether oxygens (including phenoxy) is 3. The third-order valence-electron chi connectivity index (χ3n) is 4.08. The Morgan fingerprint density at radius 2 is 1.41 bits per heavy atom. The van der Waals surface area contributed by atoms with Crippen LogP contribution in [-0.4, -0.2) is 30.3 Å². The van der Waals surface area contributed by atoms with Crippen molar-refractivity contribution in [3.05, 3.63) is 54.4 Å². The molecule has 0 bridgehead atoms. The minimum Gasteiger partial charge on any atom is -0.493 e. The molecule has 144 valence electrons. The number of methoxy groups -OCH3 is 1. The third-order valence-corrected chi connectivity index (χ3v) is 4.08. The quantitative estimate of drug-likeness (QED) is 0.573. The maximum absolute atomic E-state index is 5.51. The van der Waals surface area contributed by atoms with E-state index in [-0.39, 0.29) is 13.2 Å². The van der Waals surface area contributed by atoms with E-state index in [9.17, 15) is 0 Å². The van der Waals surface area contributed by atoms with Crippen molar-refractivity contribution in [2.24, 2.45) is 0 Å². The van der Waals surface area contributed by atoms with Crippen LogP contribution in [0.5, 0.6) is 17.2 Å². The normalized spacial score (nSPS) is 9.93. The zero-order chi connectivity index (χ0) is 20.6. The van der Waals surface area contributed by atoms with Crippen LogP contribution in [0.3, 0.4) is 0 Å². The van der Waals surface area contributed by atoms with Crippen LogP contribution in [0, 0.1) is 31.6 Å². The number of hydrogen-bond acceptors (Lipinski definition) is 5. The first-order chi connectivity index (χ1) is 14.1. The molecule has 2 aromatic carbocycles. The van der Waals surface area contributed by atoms with Crippen molar-refractivity contribution < 1.29 is 14.2 Å². The lowest BCUT2D eigenvalue weighted by atomic mass is 10.1. The average molecular weight is 384 g/mol. The Kier molecular flexibility index (Phi) is 6.35. The molecular formula is C24H20N2O3. The summed E-state index contributed by atoms with van der Waals surface area (Å²) in [5, 5.41) is 0. The van der Waals surface area contributed by atoms with Crippen LogP contribution in [0.25, 0.3) is 22.5 Å². The van der Waals surface area contributed by atoms with Crippen molar-refractivity contribution in [1.29, 1.82) is 0 Å². The van der Waals surface area contributed by atoms with E-state index in [4.69, 9.17) is 27.1 Å². The minimum absolute atomic E-state index is 0.174. The number of aromatic nitrogens is 2. The van der Waals surface area contributed by atoms with Crippen molar-refractivity contribution in [2.45, 2.75) is 6.92 Å². The Morgan fingerprint density at radius 3 is 2.07 bits per heavy atom. The fourth-order valence-electron chi connectivity index (χ4n) is 2.78. The van der Waals surface area contributed by atoms with Crippen LogP contribution in [0.15, 0.2) is 48.5 Å². The van der Waals surface area contributed by atoms with Crippen LogP contribution >= 0.6 is 0 Å². The molecule has 0 aliphatic carbocycles. The molecule has 0 aliphatic rings. The maximum atomic E-state index is 5.51. The van der Waals surface area contributed by atoms with Crippen LogP contribution in [0.4, 0.5) is 0 Å². The highest BCUT2D eigenvalue weighted by Crippen LogP contribution is 2.33. The summed E-state index contributed by atoms with van der Waals surface area (Å²) < 4.78 is 16.4. The Labute approximate surface area is 170 Å². The monoisotopic (exact) mass is 384 g/mol. The minimum atomic E-state index is 0.174.